The predicted octanol–water partition coefficient (Wildman–Crippen LogP) is 6.82. The van der Waals surface area contributed by atoms with Crippen molar-refractivity contribution >= 4 is 29.3 Å². The molecule has 2 fully saturated rings. The SMILES string of the molecule is COC(=O)[C@]12CC(=O)[C@H](C(C)C)CC(=O)[C@H](C)CCC[C@H](C)CC(=O)[C@H]1CC(C)=C1[C@@H](O)C[C@](C)(O)[C@H]3CC[C@@](C)(OC(C)=O)[C@H](CCC(C)=C[C@@H]12)O3. The summed E-state index contributed by atoms with van der Waals surface area (Å²) in [6, 6.07) is 0. The van der Waals surface area contributed by atoms with Gasteiger partial charge < -0.3 is 24.4 Å². The van der Waals surface area contributed by atoms with E-state index >= 15 is 0 Å². The van der Waals surface area contributed by atoms with Crippen LogP contribution in [0.15, 0.2) is 22.8 Å². The molecule has 10 heteroatoms. The van der Waals surface area contributed by atoms with E-state index < -0.39 is 64.6 Å². The molecule has 53 heavy (non-hydrogen) atoms. The molecule has 1 saturated carbocycles. The molecule has 0 spiro atoms. The second-order valence-corrected chi connectivity index (χ2v) is 18.0. The number of carbonyl (C=O) groups is 5. The zero-order valence-electron chi connectivity index (χ0n) is 33.9. The van der Waals surface area contributed by atoms with E-state index in [0.29, 0.717) is 37.7 Å². The van der Waals surface area contributed by atoms with Gasteiger partial charge in [0.25, 0.3) is 0 Å². The van der Waals surface area contributed by atoms with Crippen molar-refractivity contribution in [2.24, 2.45) is 40.9 Å². The molecule has 4 aliphatic rings. The molecule has 2 aliphatic carbocycles. The molecule has 1 saturated heterocycles. The number of allylic oxidation sites excluding steroid dienone is 3. The maximum absolute atomic E-state index is 14.8. The van der Waals surface area contributed by atoms with Crippen LogP contribution in [0.3, 0.4) is 0 Å². The van der Waals surface area contributed by atoms with Crippen molar-refractivity contribution in [3.63, 3.8) is 0 Å². The van der Waals surface area contributed by atoms with Gasteiger partial charge in [-0.1, -0.05) is 57.8 Å². The molecule has 0 aromatic carbocycles. The number of esters is 2. The number of Topliss-reactive ketones (excluding diaryl/α,β-unsaturated/α-hetero) is 3. The number of carbonyl (C=O) groups excluding carboxylic acids is 5. The van der Waals surface area contributed by atoms with Gasteiger partial charge in [0.05, 0.1) is 36.4 Å². The molecule has 0 aromatic rings. The molecule has 10 nitrogen and oxygen atoms in total. The Balaban J connectivity index is 1.97. The van der Waals surface area contributed by atoms with Gasteiger partial charge >= 0.3 is 11.9 Å². The molecule has 0 aromatic heterocycles. The summed E-state index contributed by atoms with van der Waals surface area (Å²) in [4.78, 5) is 69.9. The minimum Gasteiger partial charge on any atom is -0.469 e. The van der Waals surface area contributed by atoms with E-state index in [-0.39, 0.29) is 67.2 Å². The molecule has 2 bridgehead atoms. The second kappa shape index (κ2) is 17.0. The van der Waals surface area contributed by atoms with Crippen molar-refractivity contribution in [1.82, 2.24) is 0 Å². The monoisotopic (exact) mass is 742 g/mol. The van der Waals surface area contributed by atoms with Crippen LogP contribution in [0.2, 0.25) is 0 Å². The number of rotatable bonds is 3. The Labute approximate surface area is 316 Å². The summed E-state index contributed by atoms with van der Waals surface area (Å²) in [6.45, 7) is 16.4. The Hall–Kier alpha value is -2.69. The largest absolute Gasteiger partial charge is 0.469 e. The fourth-order valence-electron chi connectivity index (χ4n) is 9.97. The molecule has 2 heterocycles. The normalized spacial score (nSPS) is 39.8. The molecule has 4 rings (SSSR count). The number of fused-ring (bicyclic) bond motifs is 5. The van der Waals surface area contributed by atoms with Crippen LogP contribution >= 0.6 is 0 Å². The van der Waals surface area contributed by atoms with Crippen molar-refractivity contribution in [3.8, 4) is 0 Å². The molecule has 0 amide bonds. The molecular weight excluding hydrogens is 676 g/mol. The third-order valence-electron chi connectivity index (χ3n) is 13.2. The first-order valence-corrected chi connectivity index (χ1v) is 20.0. The van der Waals surface area contributed by atoms with Crippen molar-refractivity contribution < 1.29 is 48.4 Å². The first kappa shape index (κ1) is 43.0. The summed E-state index contributed by atoms with van der Waals surface area (Å²) in [5.41, 5.74) is -2.08. The molecule has 2 N–H and O–H groups in total. The first-order valence-electron chi connectivity index (χ1n) is 20.0. The Bertz CT molecular complexity index is 1470. The van der Waals surface area contributed by atoms with Crippen LogP contribution in [-0.2, 0) is 38.2 Å². The highest BCUT2D eigenvalue weighted by Crippen LogP contribution is 2.56. The predicted molar refractivity (Wildman–Crippen MR) is 200 cm³/mol. The van der Waals surface area contributed by atoms with E-state index in [0.717, 1.165) is 24.0 Å². The number of aliphatic hydroxyl groups is 2. The van der Waals surface area contributed by atoms with Gasteiger partial charge in [-0.05, 0) is 83.6 Å². The van der Waals surface area contributed by atoms with Crippen LogP contribution < -0.4 is 0 Å². The van der Waals surface area contributed by atoms with E-state index in [1.54, 1.807) is 6.92 Å². The summed E-state index contributed by atoms with van der Waals surface area (Å²) < 4.78 is 18.0. The standard InChI is InChI=1S/C43H66O10/c1-24(2)30-21-33(45)27(5)13-11-12-25(3)19-34(46)31-20-28(6)39-32(43(31,23-35(30)47)40(49)51-10)18-26(4)14-15-38-42(9,53-29(7)44)17-16-37(52-38)41(8,50)22-36(39)48/h18,24-25,27,30-32,36-38,48,50H,11-17,19-23H2,1-10H3/t25-,27+,30-,31+,32-,36-,37+,38-,41-,42+,43+/m0/s1. The summed E-state index contributed by atoms with van der Waals surface area (Å²) >= 11 is 0. The summed E-state index contributed by atoms with van der Waals surface area (Å²) in [5.74, 6) is -4.42. The van der Waals surface area contributed by atoms with Gasteiger partial charge in [0.1, 0.15) is 23.0 Å². The Morgan fingerprint density at radius 1 is 0.943 bits per heavy atom. The van der Waals surface area contributed by atoms with Crippen LogP contribution in [0.25, 0.3) is 0 Å². The fraction of sp³-hybridized carbons (Fsp3) is 0.791. The number of ether oxygens (including phenoxy) is 3. The van der Waals surface area contributed by atoms with Gasteiger partial charge in [0.2, 0.25) is 0 Å². The summed E-state index contributed by atoms with van der Waals surface area (Å²) in [7, 11) is 1.27. The Morgan fingerprint density at radius 2 is 1.62 bits per heavy atom. The number of hydrogen-bond acceptors (Lipinski definition) is 10. The maximum Gasteiger partial charge on any atom is 0.313 e. The second-order valence-electron chi connectivity index (χ2n) is 18.0. The summed E-state index contributed by atoms with van der Waals surface area (Å²) in [6.07, 6.45) is 3.33. The molecule has 0 unspecified atom stereocenters. The quantitative estimate of drug-likeness (QED) is 0.233. The number of hydrogen-bond donors (Lipinski definition) is 2. The van der Waals surface area contributed by atoms with Gasteiger partial charge in [-0.25, -0.2) is 0 Å². The van der Waals surface area contributed by atoms with Crippen molar-refractivity contribution in [2.75, 3.05) is 7.11 Å². The highest BCUT2D eigenvalue weighted by atomic mass is 16.6. The molecule has 2 aliphatic heterocycles. The van der Waals surface area contributed by atoms with Gasteiger partial charge in [0.15, 0.2) is 0 Å². The van der Waals surface area contributed by atoms with Crippen LogP contribution in [0.1, 0.15) is 139 Å². The average molecular weight is 743 g/mol. The lowest BCUT2D eigenvalue weighted by Gasteiger charge is -2.51. The van der Waals surface area contributed by atoms with Crippen LogP contribution in [0.5, 0.6) is 0 Å². The zero-order valence-corrected chi connectivity index (χ0v) is 33.9. The third-order valence-corrected chi connectivity index (χ3v) is 13.2. The van der Waals surface area contributed by atoms with Gasteiger partial charge in [-0.3, -0.25) is 24.0 Å². The zero-order chi connectivity index (χ0) is 39.6. The van der Waals surface area contributed by atoms with E-state index in [9.17, 15) is 34.2 Å². The lowest BCUT2D eigenvalue weighted by Crippen LogP contribution is -2.57. The lowest BCUT2D eigenvalue weighted by atomic mass is 9.52. The van der Waals surface area contributed by atoms with Gasteiger partial charge in [-0.15, -0.1) is 0 Å². The van der Waals surface area contributed by atoms with Crippen LogP contribution in [0, 0.1) is 40.9 Å². The number of methoxy groups -OCH3 is 1. The van der Waals surface area contributed by atoms with Gasteiger partial charge in [-0.2, -0.15) is 0 Å². The van der Waals surface area contributed by atoms with E-state index in [2.05, 4.69) is 0 Å². The molecular formula is C43H66O10. The highest BCUT2D eigenvalue weighted by Gasteiger charge is 2.60. The highest BCUT2D eigenvalue weighted by molar-refractivity contribution is 5.97. The Kier molecular flexibility index (Phi) is 13.8. The van der Waals surface area contributed by atoms with E-state index in [1.165, 1.54) is 14.0 Å². The van der Waals surface area contributed by atoms with Crippen LogP contribution in [-0.4, -0.2) is 76.1 Å². The van der Waals surface area contributed by atoms with Crippen molar-refractivity contribution in [3.05, 3.63) is 22.8 Å². The lowest BCUT2D eigenvalue weighted by molar-refractivity contribution is -0.230. The third kappa shape index (κ3) is 9.24. The maximum atomic E-state index is 14.8. The van der Waals surface area contributed by atoms with Gasteiger partial charge in [0, 0.05) is 56.3 Å². The number of ketones is 3. The Morgan fingerprint density at radius 3 is 2.25 bits per heavy atom. The van der Waals surface area contributed by atoms with Crippen LogP contribution in [0.4, 0.5) is 0 Å². The molecule has 298 valence electrons. The summed E-state index contributed by atoms with van der Waals surface area (Å²) in [5, 5.41) is 24.3. The fourth-order valence-corrected chi connectivity index (χ4v) is 9.97. The minimum atomic E-state index is -1.71. The first-order chi connectivity index (χ1) is 24.7. The smallest absolute Gasteiger partial charge is 0.313 e. The van der Waals surface area contributed by atoms with Crippen molar-refractivity contribution in [2.45, 2.75) is 169 Å². The van der Waals surface area contributed by atoms with E-state index in [4.69, 9.17) is 14.2 Å². The minimum absolute atomic E-state index is 0.00639. The van der Waals surface area contributed by atoms with Crippen molar-refractivity contribution in [1.29, 1.82) is 0 Å². The number of aliphatic hydroxyl groups excluding tert-OH is 1. The molecule has 11 atom stereocenters. The topological polar surface area (TPSA) is 154 Å². The van der Waals surface area contributed by atoms with E-state index in [1.807, 2.05) is 54.5 Å². The average Bonchev–Trinajstić information content (AvgIpc) is 3.05. The molecule has 0 radical (unpaired) electrons.